The molecule has 3 nitrogen and oxygen atoms in total. The summed E-state index contributed by atoms with van der Waals surface area (Å²) >= 11 is 0. The van der Waals surface area contributed by atoms with Crippen molar-refractivity contribution >= 4 is 5.82 Å². The third-order valence-electron chi connectivity index (χ3n) is 2.63. The van der Waals surface area contributed by atoms with Crippen LogP contribution in [0.4, 0.5) is 5.82 Å². The summed E-state index contributed by atoms with van der Waals surface area (Å²) in [6.45, 7) is 2.21. The molecule has 0 bridgehead atoms. The molecule has 1 aliphatic heterocycles. The minimum absolute atomic E-state index is 0.884. The monoisotopic (exact) mass is 192 g/mol. The third kappa shape index (κ3) is 1.81. The Kier molecular flexibility index (Phi) is 2.87. The quantitative estimate of drug-likeness (QED) is 0.717. The van der Waals surface area contributed by atoms with Crippen LogP contribution in [0, 0.1) is 0 Å². The summed E-state index contributed by atoms with van der Waals surface area (Å²) in [6, 6.07) is 3.88. The van der Waals surface area contributed by atoms with Gasteiger partial charge in [0.25, 0.3) is 0 Å². The first-order valence-electron chi connectivity index (χ1n) is 5.16. The number of anilines is 1. The minimum Gasteiger partial charge on any atom is -0.493 e. The van der Waals surface area contributed by atoms with E-state index in [1.165, 1.54) is 19.3 Å². The van der Waals surface area contributed by atoms with Crippen molar-refractivity contribution in [1.29, 1.82) is 0 Å². The highest BCUT2D eigenvalue weighted by atomic mass is 16.5. The highest BCUT2D eigenvalue weighted by Gasteiger charge is 2.15. The number of ether oxygens (including phenoxy) is 1. The number of hydrogen-bond acceptors (Lipinski definition) is 3. The Hall–Kier alpha value is -1.25. The maximum absolute atomic E-state index is 5.29. The van der Waals surface area contributed by atoms with E-state index in [4.69, 9.17) is 4.74 Å². The van der Waals surface area contributed by atoms with Gasteiger partial charge in [0.15, 0.2) is 11.6 Å². The molecule has 0 atom stereocenters. The first-order valence-corrected chi connectivity index (χ1v) is 5.16. The highest BCUT2D eigenvalue weighted by Crippen LogP contribution is 2.26. The number of pyridine rings is 1. The summed E-state index contributed by atoms with van der Waals surface area (Å²) in [6.07, 6.45) is 5.69. The van der Waals surface area contributed by atoms with Gasteiger partial charge in [0.05, 0.1) is 7.11 Å². The van der Waals surface area contributed by atoms with Crippen molar-refractivity contribution in [2.45, 2.75) is 19.3 Å². The van der Waals surface area contributed by atoms with E-state index in [0.717, 1.165) is 24.7 Å². The average Bonchev–Trinajstić information content (AvgIpc) is 2.30. The molecule has 0 amide bonds. The molecule has 1 aromatic heterocycles. The second-order valence-corrected chi connectivity index (χ2v) is 3.58. The molecule has 0 radical (unpaired) electrons. The second kappa shape index (κ2) is 4.31. The first-order chi connectivity index (χ1) is 6.92. The zero-order valence-electron chi connectivity index (χ0n) is 8.57. The molecule has 76 valence electrons. The van der Waals surface area contributed by atoms with Gasteiger partial charge in [-0.25, -0.2) is 4.98 Å². The molecule has 14 heavy (non-hydrogen) atoms. The molecule has 2 heterocycles. The van der Waals surface area contributed by atoms with Gasteiger partial charge in [-0.15, -0.1) is 0 Å². The molecular formula is C11H16N2O. The normalized spacial score (nSPS) is 16.8. The Balaban J connectivity index is 2.20. The van der Waals surface area contributed by atoms with Gasteiger partial charge >= 0.3 is 0 Å². The van der Waals surface area contributed by atoms with Gasteiger partial charge in [-0.05, 0) is 31.4 Å². The third-order valence-corrected chi connectivity index (χ3v) is 2.63. The van der Waals surface area contributed by atoms with E-state index < -0.39 is 0 Å². The highest BCUT2D eigenvalue weighted by molar-refractivity contribution is 5.52. The van der Waals surface area contributed by atoms with Gasteiger partial charge in [0.2, 0.25) is 0 Å². The number of methoxy groups -OCH3 is 1. The van der Waals surface area contributed by atoms with Crippen LogP contribution in [0.5, 0.6) is 5.75 Å². The summed E-state index contributed by atoms with van der Waals surface area (Å²) < 4.78 is 5.29. The van der Waals surface area contributed by atoms with Crippen LogP contribution in [-0.2, 0) is 0 Å². The molecule has 1 aliphatic rings. The van der Waals surface area contributed by atoms with E-state index in [1.807, 2.05) is 18.3 Å². The van der Waals surface area contributed by atoms with E-state index in [2.05, 4.69) is 9.88 Å². The summed E-state index contributed by atoms with van der Waals surface area (Å²) in [5, 5.41) is 0. The lowest BCUT2D eigenvalue weighted by atomic mass is 10.1. The lowest BCUT2D eigenvalue weighted by molar-refractivity contribution is 0.410. The zero-order valence-corrected chi connectivity index (χ0v) is 8.57. The van der Waals surface area contributed by atoms with Crippen LogP contribution in [0.3, 0.4) is 0 Å². The van der Waals surface area contributed by atoms with Crippen molar-refractivity contribution in [3.8, 4) is 5.75 Å². The number of aromatic nitrogens is 1. The molecule has 0 N–H and O–H groups in total. The van der Waals surface area contributed by atoms with E-state index in [0.29, 0.717) is 0 Å². The standard InChI is InChI=1S/C11H16N2O/c1-14-10-6-5-7-12-11(10)13-8-3-2-4-9-13/h5-7H,2-4,8-9H2,1H3. The Morgan fingerprint density at radius 3 is 2.79 bits per heavy atom. The van der Waals surface area contributed by atoms with Crippen molar-refractivity contribution in [1.82, 2.24) is 4.98 Å². The lowest BCUT2D eigenvalue weighted by Crippen LogP contribution is -2.30. The molecule has 0 unspecified atom stereocenters. The van der Waals surface area contributed by atoms with Crippen LogP contribution >= 0.6 is 0 Å². The van der Waals surface area contributed by atoms with E-state index in [1.54, 1.807) is 7.11 Å². The molecule has 0 saturated carbocycles. The van der Waals surface area contributed by atoms with Crippen LogP contribution in [0.1, 0.15) is 19.3 Å². The number of hydrogen-bond donors (Lipinski definition) is 0. The summed E-state index contributed by atoms with van der Waals surface area (Å²) in [5.74, 6) is 1.88. The average molecular weight is 192 g/mol. The zero-order chi connectivity index (χ0) is 9.80. The van der Waals surface area contributed by atoms with Crippen molar-refractivity contribution in [2.75, 3.05) is 25.1 Å². The summed E-state index contributed by atoms with van der Waals surface area (Å²) in [4.78, 5) is 6.68. The molecule has 1 saturated heterocycles. The summed E-state index contributed by atoms with van der Waals surface area (Å²) in [5.41, 5.74) is 0. The Morgan fingerprint density at radius 2 is 2.07 bits per heavy atom. The molecule has 1 aromatic rings. The number of piperidine rings is 1. The predicted molar refractivity (Wildman–Crippen MR) is 56.9 cm³/mol. The fraction of sp³-hybridized carbons (Fsp3) is 0.545. The maximum Gasteiger partial charge on any atom is 0.171 e. The predicted octanol–water partition coefficient (Wildman–Crippen LogP) is 2.08. The van der Waals surface area contributed by atoms with Gasteiger partial charge in [0, 0.05) is 19.3 Å². The second-order valence-electron chi connectivity index (χ2n) is 3.58. The van der Waals surface area contributed by atoms with Gasteiger partial charge in [-0.1, -0.05) is 0 Å². The van der Waals surface area contributed by atoms with Crippen LogP contribution < -0.4 is 9.64 Å². The van der Waals surface area contributed by atoms with E-state index >= 15 is 0 Å². The van der Waals surface area contributed by atoms with Crippen molar-refractivity contribution < 1.29 is 4.74 Å². The Bertz CT molecular complexity index is 295. The molecular weight excluding hydrogens is 176 g/mol. The largest absolute Gasteiger partial charge is 0.493 e. The van der Waals surface area contributed by atoms with Gasteiger partial charge < -0.3 is 9.64 Å². The fourth-order valence-corrected chi connectivity index (χ4v) is 1.88. The first kappa shape index (κ1) is 9.31. The number of nitrogens with zero attached hydrogens (tertiary/aromatic N) is 2. The molecule has 0 aromatic carbocycles. The van der Waals surface area contributed by atoms with Gasteiger partial charge in [-0.3, -0.25) is 0 Å². The lowest BCUT2D eigenvalue weighted by Gasteiger charge is -2.28. The smallest absolute Gasteiger partial charge is 0.171 e. The van der Waals surface area contributed by atoms with E-state index in [-0.39, 0.29) is 0 Å². The van der Waals surface area contributed by atoms with Gasteiger partial charge in [-0.2, -0.15) is 0 Å². The Labute approximate surface area is 84.7 Å². The van der Waals surface area contributed by atoms with Crippen molar-refractivity contribution in [3.63, 3.8) is 0 Å². The van der Waals surface area contributed by atoms with Crippen molar-refractivity contribution in [3.05, 3.63) is 18.3 Å². The summed E-state index contributed by atoms with van der Waals surface area (Å²) in [7, 11) is 1.70. The van der Waals surface area contributed by atoms with Crippen LogP contribution in [0.2, 0.25) is 0 Å². The minimum atomic E-state index is 0.884. The maximum atomic E-state index is 5.29. The molecule has 3 heteroatoms. The van der Waals surface area contributed by atoms with Crippen LogP contribution in [-0.4, -0.2) is 25.2 Å². The molecule has 0 spiro atoms. The SMILES string of the molecule is COc1cccnc1N1CCCCC1. The van der Waals surface area contributed by atoms with E-state index in [9.17, 15) is 0 Å². The van der Waals surface area contributed by atoms with Crippen LogP contribution in [0.15, 0.2) is 18.3 Å². The van der Waals surface area contributed by atoms with Gasteiger partial charge in [0.1, 0.15) is 0 Å². The molecule has 0 aliphatic carbocycles. The Morgan fingerprint density at radius 1 is 1.29 bits per heavy atom. The molecule has 2 rings (SSSR count). The fourth-order valence-electron chi connectivity index (χ4n) is 1.88. The van der Waals surface area contributed by atoms with Crippen LogP contribution in [0.25, 0.3) is 0 Å². The number of rotatable bonds is 2. The van der Waals surface area contributed by atoms with Crippen molar-refractivity contribution in [2.24, 2.45) is 0 Å². The topological polar surface area (TPSA) is 25.4 Å². The molecule has 1 fully saturated rings.